The molecule has 6 aromatic rings. The second-order valence-corrected chi connectivity index (χ2v) is 13.5. The third-order valence-electron chi connectivity index (χ3n) is 7.81. The Balaban J connectivity index is 0.000000213. The second kappa shape index (κ2) is 15.8. The van der Waals surface area contributed by atoms with Crippen molar-refractivity contribution in [3.05, 3.63) is 132 Å². The van der Waals surface area contributed by atoms with E-state index < -0.39 is 0 Å². The van der Waals surface area contributed by atoms with Crippen molar-refractivity contribution in [2.24, 2.45) is 0 Å². The Kier molecular flexibility index (Phi) is 12.7. The predicted molar refractivity (Wildman–Crippen MR) is 190 cm³/mol. The fourth-order valence-corrected chi connectivity index (χ4v) is 5.36. The predicted octanol–water partition coefficient (Wildman–Crippen LogP) is 12.2. The SMILES string of the molecule is CC(C)c1cc2c(-c3ccccc3)cccc2[cH-]1.CCc1cc2c(-c3ccc(C(C)(C)C)cc3)cccc2[cH-]1.C[Si]C.[Zr+2]. The molecule has 0 bridgehead atoms. The van der Waals surface area contributed by atoms with Crippen molar-refractivity contribution < 1.29 is 26.2 Å². The Morgan fingerprint density at radius 1 is 0.651 bits per heavy atom. The number of benzene rings is 4. The number of aryl methyl sites for hydroxylation is 1. The van der Waals surface area contributed by atoms with Crippen LogP contribution in [-0.2, 0) is 38.0 Å². The molecule has 218 valence electrons. The maximum Gasteiger partial charge on any atom is 2.00 e. The number of hydrogen-bond acceptors (Lipinski definition) is 0. The molecule has 0 nitrogen and oxygen atoms in total. The van der Waals surface area contributed by atoms with Gasteiger partial charge in [0.1, 0.15) is 0 Å². The Labute approximate surface area is 282 Å². The summed E-state index contributed by atoms with van der Waals surface area (Å²) in [6.45, 7) is 17.8. The van der Waals surface area contributed by atoms with Crippen LogP contribution in [-0.4, -0.2) is 9.52 Å². The molecule has 0 unspecified atom stereocenters. The van der Waals surface area contributed by atoms with Gasteiger partial charge in [0, 0.05) is 9.52 Å². The zero-order chi connectivity index (χ0) is 30.3. The van der Waals surface area contributed by atoms with E-state index in [9.17, 15) is 0 Å². The van der Waals surface area contributed by atoms with Gasteiger partial charge in [-0.05, 0) is 34.4 Å². The van der Waals surface area contributed by atoms with Crippen molar-refractivity contribution in [2.75, 3.05) is 0 Å². The summed E-state index contributed by atoms with van der Waals surface area (Å²) in [5.41, 5.74) is 9.71. The topological polar surface area (TPSA) is 0 Å². The first-order valence-corrected chi connectivity index (χ1v) is 17.3. The molecule has 0 heterocycles. The molecule has 0 fully saturated rings. The van der Waals surface area contributed by atoms with Gasteiger partial charge in [-0.1, -0.05) is 132 Å². The Morgan fingerprint density at radius 2 is 1.16 bits per heavy atom. The number of fused-ring (bicyclic) bond motifs is 2. The van der Waals surface area contributed by atoms with E-state index in [0.29, 0.717) is 5.92 Å². The third kappa shape index (κ3) is 8.65. The first-order chi connectivity index (χ1) is 20.2. The van der Waals surface area contributed by atoms with Crippen molar-refractivity contribution in [3.8, 4) is 22.3 Å². The van der Waals surface area contributed by atoms with Crippen LogP contribution in [0.1, 0.15) is 64.2 Å². The van der Waals surface area contributed by atoms with E-state index in [4.69, 9.17) is 0 Å². The summed E-state index contributed by atoms with van der Waals surface area (Å²) in [5.74, 6) is 0.584. The van der Waals surface area contributed by atoms with Gasteiger partial charge < -0.3 is 0 Å². The van der Waals surface area contributed by atoms with Crippen LogP contribution in [0.25, 0.3) is 43.8 Å². The molecule has 43 heavy (non-hydrogen) atoms. The first kappa shape index (κ1) is 34.7. The van der Waals surface area contributed by atoms with E-state index in [0.717, 1.165) is 15.9 Å². The van der Waals surface area contributed by atoms with E-state index in [2.05, 4.69) is 170 Å². The van der Waals surface area contributed by atoms with Crippen molar-refractivity contribution in [2.45, 2.75) is 72.4 Å². The smallest absolute Gasteiger partial charge is 0.164 e. The Hall–Kier alpha value is -2.80. The van der Waals surface area contributed by atoms with Gasteiger partial charge in [0.15, 0.2) is 0 Å². The van der Waals surface area contributed by atoms with Crippen LogP contribution in [0.2, 0.25) is 13.1 Å². The normalized spacial score (nSPS) is 11.0. The molecule has 0 N–H and O–H groups in total. The van der Waals surface area contributed by atoms with E-state index in [-0.39, 0.29) is 31.6 Å². The molecule has 6 rings (SSSR count). The molecule has 0 aromatic heterocycles. The summed E-state index contributed by atoms with van der Waals surface area (Å²) in [6, 6.07) is 42.1. The molecule has 6 aromatic carbocycles. The van der Waals surface area contributed by atoms with Gasteiger partial charge in [-0.25, -0.2) is 0 Å². The molecular formula is C41H46SiZr. The van der Waals surface area contributed by atoms with E-state index in [1.165, 1.54) is 60.5 Å². The largest absolute Gasteiger partial charge is 2.00 e. The minimum absolute atomic E-state index is 0. The van der Waals surface area contributed by atoms with E-state index in [1.807, 2.05) is 0 Å². The number of rotatable bonds is 4. The van der Waals surface area contributed by atoms with Crippen LogP contribution >= 0.6 is 0 Å². The monoisotopic (exact) mass is 656 g/mol. The summed E-state index contributed by atoms with van der Waals surface area (Å²) in [5, 5.41) is 5.44. The van der Waals surface area contributed by atoms with Crippen molar-refractivity contribution in [1.29, 1.82) is 0 Å². The zero-order valence-corrected chi connectivity index (χ0v) is 30.7. The van der Waals surface area contributed by atoms with E-state index >= 15 is 0 Å². The molecule has 0 saturated carbocycles. The third-order valence-corrected chi connectivity index (χ3v) is 7.81. The Morgan fingerprint density at radius 3 is 1.67 bits per heavy atom. The van der Waals surface area contributed by atoms with Crippen molar-refractivity contribution in [1.82, 2.24) is 0 Å². The van der Waals surface area contributed by atoms with Gasteiger partial charge in [0.2, 0.25) is 0 Å². The van der Waals surface area contributed by atoms with Gasteiger partial charge in [-0.2, -0.15) is 12.1 Å². The van der Waals surface area contributed by atoms with E-state index in [1.54, 1.807) is 0 Å². The molecule has 2 heteroatoms. The van der Waals surface area contributed by atoms with Crippen LogP contribution in [0.15, 0.2) is 115 Å². The molecule has 0 spiro atoms. The maximum atomic E-state index is 2.34. The minimum Gasteiger partial charge on any atom is -0.164 e. The average Bonchev–Trinajstić information content (AvgIpc) is 3.63. The van der Waals surface area contributed by atoms with Gasteiger partial charge in [0.25, 0.3) is 0 Å². The van der Waals surface area contributed by atoms with Crippen LogP contribution in [0.3, 0.4) is 0 Å². The molecule has 0 atom stereocenters. The Bertz CT molecular complexity index is 1690. The molecule has 0 aliphatic rings. The van der Waals surface area contributed by atoms with Gasteiger partial charge in [-0.15, -0.1) is 69.1 Å². The fraction of sp³-hybridized carbons (Fsp3) is 0.268. The standard InChI is InChI=1S/C21H23.C18H17.C2H6Si.Zr/c1-5-15-13-17-7-6-8-19(20(17)14-15)16-9-11-18(12-10-16)21(2,3)4;1-13(2)16-11-15-9-6-10-17(18(15)12-16)14-7-4-3-5-8-14;1-3-2;/h6-14H,5H2,1-4H3;3-13H,1-2H3;1-2H3;/q2*-1;;+2. The molecule has 0 aliphatic carbocycles. The molecular weight excluding hydrogens is 612 g/mol. The molecule has 0 saturated heterocycles. The van der Waals surface area contributed by atoms with Gasteiger partial charge in [0.05, 0.1) is 0 Å². The quantitative estimate of drug-likeness (QED) is 0.131. The zero-order valence-electron chi connectivity index (χ0n) is 27.3. The van der Waals surface area contributed by atoms with Crippen LogP contribution in [0.4, 0.5) is 0 Å². The van der Waals surface area contributed by atoms with Crippen LogP contribution < -0.4 is 0 Å². The summed E-state index contributed by atoms with van der Waals surface area (Å²) in [7, 11) is 1.08. The average molecular weight is 658 g/mol. The molecule has 0 aliphatic heterocycles. The van der Waals surface area contributed by atoms with Crippen LogP contribution in [0.5, 0.6) is 0 Å². The molecule has 0 amide bonds. The van der Waals surface area contributed by atoms with Crippen molar-refractivity contribution >= 4 is 31.1 Å². The summed E-state index contributed by atoms with van der Waals surface area (Å²) < 4.78 is 0. The summed E-state index contributed by atoms with van der Waals surface area (Å²) in [4.78, 5) is 0. The second-order valence-electron chi connectivity index (χ2n) is 12.5. The number of hydrogen-bond donors (Lipinski definition) is 0. The fourth-order valence-electron chi connectivity index (χ4n) is 5.36. The molecule has 2 radical (unpaired) electrons. The maximum absolute atomic E-state index is 2.34. The summed E-state index contributed by atoms with van der Waals surface area (Å²) >= 11 is 0. The van der Waals surface area contributed by atoms with Gasteiger partial charge in [-0.3, -0.25) is 0 Å². The van der Waals surface area contributed by atoms with Crippen LogP contribution in [0, 0.1) is 0 Å². The minimum atomic E-state index is 0. The first-order valence-electron chi connectivity index (χ1n) is 15.3. The van der Waals surface area contributed by atoms with Gasteiger partial charge >= 0.3 is 26.2 Å². The summed E-state index contributed by atoms with van der Waals surface area (Å²) in [6.07, 6.45) is 1.09. The van der Waals surface area contributed by atoms with Crippen molar-refractivity contribution in [3.63, 3.8) is 0 Å².